The van der Waals surface area contributed by atoms with Crippen molar-refractivity contribution in [2.75, 3.05) is 24.7 Å². The van der Waals surface area contributed by atoms with Crippen LogP contribution in [0, 0.1) is 0 Å². The lowest BCUT2D eigenvalue weighted by Gasteiger charge is -2.21. The molecule has 0 aromatic heterocycles. The predicted molar refractivity (Wildman–Crippen MR) is 266 cm³/mol. The van der Waals surface area contributed by atoms with Gasteiger partial charge in [-0.2, -0.15) is 0 Å². The fourth-order valence-corrected chi connectivity index (χ4v) is 11.8. The van der Waals surface area contributed by atoms with E-state index in [-0.39, 0.29) is 23.0 Å². The average molecular weight is 875 g/mol. The molecule has 0 saturated carbocycles. The summed E-state index contributed by atoms with van der Waals surface area (Å²) in [4.78, 5) is 2.15. The van der Waals surface area contributed by atoms with Gasteiger partial charge in [0, 0.05) is 21.3 Å². The molecule has 0 aliphatic rings. The van der Waals surface area contributed by atoms with Gasteiger partial charge in [-0.3, -0.25) is 0 Å². The van der Waals surface area contributed by atoms with Gasteiger partial charge in [-0.1, -0.05) is 146 Å². The first-order chi connectivity index (χ1) is 30.9. The minimum absolute atomic E-state index is 0.0330. The van der Waals surface area contributed by atoms with Crippen LogP contribution in [0.25, 0.3) is 87.6 Å². The van der Waals surface area contributed by atoms with Crippen LogP contribution in [0.5, 0.6) is 0 Å². The van der Waals surface area contributed by atoms with Crippen molar-refractivity contribution in [3.05, 3.63) is 194 Å². The number of rotatable bonds is 12. The highest BCUT2D eigenvalue weighted by Crippen LogP contribution is 2.47. The zero-order valence-electron chi connectivity index (χ0n) is 34.2. The monoisotopic (exact) mass is 874 g/mol. The van der Waals surface area contributed by atoms with Gasteiger partial charge in [-0.15, -0.1) is 23.5 Å². The molecule has 308 valence electrons. The summed E-state index contributed by atoms with van der Waals surface area (Å²) in [6.45, 7) is -0.0659. The topological polar surface area (TPSA) is 74.6 Å². The molecule has 10 aromatic carbocycles. The second kappa shape index (κ2) is 17.5. The van der Waals surface area contributed by atoms with Crippen molar-refractivity contribution in [3.63, 3.8) is 0 Å². The Hall–Kier alpha value is -6.19. The Bertz CT molecular complexity index is 3040. The summed E-state index contributed by atoms with van der Waals surface area (Å²) >= 11 is 3.06. The number of aliphatic hydroxyl groups is 2. The standard InChI is InChI=1S/C56H42O4S3/c57-25-27-61-55-51(45-21-17-37-9-1-5-13-41(37)29-45)33-49(34-52(55)46-22-18-38-10-2-6-14-42(38)30-46)63(59,60)50-35-53(47-23-19-39-11-3-7-15-43(39)31-47)56(62-28-26-58)54(36-50)48-24-20-40-12-4-8-16-44(40)32-48/h1-24,29-36,57-58H,25-28H2. The number of fused-ring (bicyclic) bond motifs is 4. The Balaban J connectivity index is 1.25. The van der Waals surface area contributed by atoms with Crippen molar-refractivity contribution in [2.24, 2.45) is 0 Å². The number of hydrogen-bond acceptors (Lipinski definition) is 6. The van der Waals surface area contributed by atoms with E-state index in [1.54, 1.807) is 0 Å². The highest BCUT2D eigenvalue weighted by molar-refractivity contribution is 7.99. The average Bonchev–Trinajstić information content (AvgIpc) is 3.33. The lowest BCUT2D eigenvalue weighted by atomic mass is 9.95. The van der Waals surface area contributed by atoms with E-state index in [9.17, 15) is 10.2 Å². The minimum Gasteiger partial charge on any atom is -0.396 e. The first kappa shape index (κ1) is 40.9. The smallest absolute Gasteiger partial charge is 0.206 e. The summed E-state index contributed by atoms with van der Waals surface area (Å²) in [7, 11) is -4.22. The van der Waals surface area contributed by atoms with Crippen molar-refractivity contribution >= 4 is 76.5 Å². The summed E-state index contributed by atoms with van der Waals surface area (Å²) in [5.41, 5.74) is 6.67. The lowest BCUT2D eigenvalue weighted by molar-refractivity contribution is 0.322. The number of aliphatic hydroxyl groups excluding tert-OH is 2. The fraction of sp³-hybridized carbons (Fsp3) is 0.0714. The van der Waals surface area contributed by atoms with Gasteiger partial charge >= 0.3 is 0 Å². The van der Waals surface area contributed by atoms with E-state index < -0.39 is 9.84 Å². The number of benzene rings is 10. The van der Waals surface area contributed by atoms with Crippen LogP contribution in [0.1, 0.15) is 0 Å². The Labute approximate surface area is 375 Å². The molecule has 0 amide bonds. The van der Waals surface area contributed by atoms with Crippen molar-refractivity contribution in [1.82, 2.24) is 0 Å². The van der Waals surface area contributed by atoms with Gasteiger partial charge in [0.1, 0.15) is 0 Å². The van der Waals surface area contributed by atoms with Crippen LogP contribution in [-0.4, -0.2) is 43.4 Å². The second-order valence-electron chi connectivity index (χ2n) is 15.6. The van der Waals surface area contributed by atoms with E-state index in [1.807, 2.05) is 72.8 Å². The molecule has 10 aromatic rings. The van der Waals surface area contributed by atoms with Gasteiger partial charge in [-0.25, -0.2) is 8.42 Å². The van der Waals surface area contributed by atoms with Crippen LogP contribution in [0.4, 0.5) is 0 Å². The third-order valence-corrected chi connectivity index (χ3v) is 15.6. The van der Waals surface area contributed by atoms with Crippen LogP contribution >= 0.6 is 23.5 Å². The zero-order valence-corrected chi connectivity index (χ0v) is 36.7. The van der Waals surface area contributed by atoms with Crippen molar-refractivity contribution in [1.29, 1.82) is 0 Å². The molecule has 0 radical (unpaired) electrons. The summed E-state index contributed by atoms with van der Waals surface area (Å²) in [5, 5.41) is 28.9. The van der Waals surface area contributed by atoms with Crippen LogP contribution in [0.2, 0.25) is 0 Å². The Morgan fingerprint density at radius 1 is 0.333 bits per heavy atom. The van der Waals surface area contributed by atoms with Crippen LogP contribution in [0.15, 0.2) is 214 Å². The molecule has 0 bridgehead atoms. The van der Waals surface area contributed by atoms with Gasteiger partial charge in [0.2, 0.25) is 9.84 Å². The van der Waals surface area contributed by atoms with E-state index in [0.717, 1.165) is 97.4 Å². The quantitative estimate of drug-likeness (QED) is 0.119. The normalized spacial score (nSPS) is 11.8. The largest absolute Gasteiger partial charge is 0.396 e. The molecule has 0 saturated heterocycles. The minimum atomic E-state index is -4.22. The molecule has 63 heavy (non-hydrogen) atoms. The first-order valence-electron chi connectivity index (χ1n) is 20.9. The molecular formula is C56H42O4S3. The van der Waals surface area contributed by atoms with Gasteiger partial charge in [0.15, 0.2) is 0 Å². The Morgan fingerprint density at radius 3 is 0.841 bits per heavy atom. The first-order valence-corrected chi connectivity index (χ1v) is 24.4. The van der Waals surface area contributed by atoms with Crippen LogP contribution in [0.3, 0.4) is 0 Å². The summed E-state index contributed by atoms with van der Waals surface area (Å²) in [6, 6.07) is 65.0. The summed E-state index contributed by atoms with van der Waals surface area (Å²) in [6.07, 6.45) is 0. The van der Waals surface area contributed by atoms with Gasteiger partial charge in [0.05, 0.1) is 23.0 Å². The molecule has 0 aliphatic heterocycles. The zero-order chi connectivity index (χ0) is 42.9. The highest BCUT2D eigenvalue weighted by atomic mass is 32.2. The SMILES string of the molecule is O=S(=O)(c1cc(-c2ccc3ccccc3c2)c(SCCO)c(-c2ccc3ccccc3c2)c1)c1cc(-c2ccc3ccccc3c2)c(SCCO)c(-c2ccc3ccccc3c2)c1. The number of sulfone groups is 1. The molecule has 4 nitrogen and oxygen atoms in total. The van der Waals surface area contributed by atoms with E-state index in [4.69, 9.17) is 0 Å². The van der Waals surface area contributed by atoms with Crippen molar-refractivity contribution in [3.8, 4) is 44.5 Å². The number of hydrogen-bond donors (Lipinski definition) is 2. The third kappa shape index (κ3) is 8.04. The van der Waals surface area contributed by atoms with Crippen molar-refractivity contribution < 1.29 is 18.6 Å². The Morgan fingerprint density at radius 2 is 0.587 bits per heavy atom. The lowest BCUT2D eigenvalue weighted by Crippen LogP contribution is -2.06. The van der Waals surface area contributed by atoms with Crippen molar-refractivity contribution in [2.45, 2.75) is 19.6 Å². The van der Waals surface area contributed by atoms with Crippen LogP contribution in [-0.2, 0) is 9.84 Å². The Kier molecular flexibility index (Phi) is 11.4. The maximum Gasteiger partial charge on any atom is 0.206 e. The van der Waals surface area contributed by atoms with Gasteiger partial charge < -0.3 is 10.2 Å². The molecule has 10 rings (SSSR count). The summed E-state index contributed by atoms with van der Waals surface area (Å²) < 4.78 is 31.5. The maximum atomic E-state index is 15.8. The second-order valence-corrected chi connectivity index (χ2v) is 19.8. The van der Waals surface area contributed by atoms with Crippen LogP contribution < -0.4 is 0 Å². The van der Waals surface area contributed by atoms with E-state index in [2.05, 4.69) is 121 Å². The molecule has 0 spiro atoms. The molecule has 7 heteroatoms. The molecule has 2 N–H and O–H groups in total. The molecule has 0 unspecified atom stereocenters. The molecular weight excluding hydrogens is 833 g/mol. The molecule has 0 heterocycles. The molecule has 0 aliphatic carbocycles. The molecule has 0 fully saturated rings. The van der Waals surface area contributed by atoms with E-state index >= 15 is 8.42 Å². The van der Waals surface area contributed by atoms with Gasteiger partial charge in [-0.05, 0) is 136 Å². The van der Waals surface area contributed by atoms with E-state index in [0.29, 0.717) is 11.5 Å². The number of thioether (sulfide) groups is 2. The summed E-state index contributed by atoms with van der Waals surface area (Å²) in [5.74, 6) is 0.870. The maximum absolute atomic E-state index is 15.8. The fourth-order valence-electron chi connectivity index (χ4n) is 8.54. The molecule has 0 atom stereocenters. The third-order valence-electron chi connectivity index (χ3n) is 11.7. The highest BCUT2D eigenvalue weighted by Gasteiger charge is 2.27. The predicted octanol–water partition coefficient (Wildman–Crippen LogP) is 14.0. The van der Waals surface area contributed by atoms with Gasteiger partial charge in [0.25, 0.3) is 0 Å². The van der Waals surface area contributed by atoms with E-state index in [1.165, 1.54) is 23.5 Å².